The molecule has 3 heterocycles. The molecular formula is C21H24N4O. The highest BCUT2D eigenvalue weighted by Gasteiger charge is 2.31. The van der Waals surface area contributed by atoms with Gasteiger partial charge in [0.15, 0.2) is 5.65 Å². The van der Waals surface area contributed by atoms with Gasteiger partial charge in [0.25, 0.3) is 5.91 Å². The fraction of sp³-hybridized carbons (Fsp3) is 0.381. The number of carbonyl (C=O) groups is 1. The molecule has 5 heteroatoms. The predicted octanol–water partition coefficient (Wildman–Crippen LogP) is 3.78. The molecule has 5 nitrogen and oxygen atoms in total. The summed E-state index contributed by atoms with van der Waals surface area (Å²) >= 11 is 0. The Labute approximate surface area is 153 Å². The number of rotatable bonds is 4. The van der Waals surface area contributed by atoms with Gasteiger partial charge in [-0.15, -0.1) is 0 Å². The minimum atomic E-state index is 0.115. The number of carbonyl (C=O) groups excluding carboxylic acids is 1. The van der Waals surface area contributed by atoms with Crippen molar-refractivity contribution in [2.24, 2.45) is 0 Å². The molecule has 1 fully saturated rings. The summed E-state index contributed by atoms with van der Waals surface area (Å²) in [4.78, 5) is 24.1. The Morgan fingerprint density at radius 3 is 2.81 bits per heavy atom. The standard InChI is InChI=1S/C21H24N4O/c1-3-12-25-19(23-18-5-4-11-22-20(18)25)17-10-13-24(14-17)21(26)16-8-6-15(2)7-9-16/h4-9,11,17H,3,10,12-14H2,1-2H3/t17-/m0/s1. The maximum absolute atomic E-state index is 12.8. The van der Waals surface area contributed by atoms with E-state index in [9.17, 15) is 4.79 Å². The second-order valence-corrected chi connectivity index (χ2v) is 7.07. The zero-order chi connectivity index (χ0) is 18.1. The van der Waals surface area contributed by atoms with Crippen molar-refractivity contribution in [3.8, 4) is 0 Å². The van der Waals surface area contributed by atoms with E-state index in [0.717, 1.165) is 55.0 Å². The van der Waals surface area contributed by atoms with Gasteiger partial charge in [-0.1, -0.05) is 24.6 Å². The average Bonchev–Trinajstić information content (AvgIpc) is 3.27. The van der Waals surface area contributed by atoms with Gasteiger partial charge in [0.2, 0.25) is 0 Å². The van der Waals surface area contributed by atoms with E-state index in [-0.39, 0.29) is 11.8 Å². The van der Waals surface area contributed by atoms with Gasteiger partial charge in [-0.3, -0.25) is 4.79 Å². The predicted molar refractivity (Wildman–Crippen MR) is 102 cm³/mol. The molecule has 1 saturated heterocycles. The van der Waals surface area contributed by atoms with Crippen molar-refractivity contribution in [3.05, 3.63) is 59.5 Å². The van der Waals surface area contributed by atoms with Crippen molar-refractivity contribution < 1.29 is 4.79 Å². The number of imidazole rings is 1. The Bertz CT molecular complexity index is 929. The Morgan fingerprint density at radius 2 is 2.04 bits per heavy atom. The zero-order valence-electron chi connectivity index (χ0n) is 15.4. The molecule has 1 atom stereocenters. The summed E-state index contributed by atoms with van der Waals surface area (Å²) in [5.41, 5.74) is 3.83. The fourth-order valence-corrected chi connectivity index (χ4v) is 3.77. The van der Waals surface area contributed by atoms with Gasteiger partial charge in [0.1, 0.15) is 11.3 Å². The van der Waals surface area contributed by atoms with Crippen LogP contribution in [0.1, 0.15) is 47.4 Å². The van der Waals surface area contributed by atoms with Crippen molar-refractivity contribution in [1.29, 1.82) is 0 Å². The second kappa shape index (κ2) is 6.90. The first-order valence-electron chi connectivity index (χ1n) is 9.34. The van der Waals surface area contributed by atoms with E-state index in [1.54, 1.807) is 0 Å². The molecule has 134 valence electrons. The van der Waals surface area contributed by atoms with E-state index >= 15 is 0 Å². The Balaban J connectivity index is 1.59. The quantitative estimate of drug-likeness (QED) is 0.721. The van der Waals surface area contributed by atoms with Gasteiger partial charge >= 0.3 is 0 Å². The molecule has 3 aromatic rings. The van der Waals surface area contributed by atoms with E-state index < -0.39 is 0 Å². The number of hydrogen-bond acceptors (Lipinski definition) is 3. The van der Waals surface area contributed by atoms with Crippen LogP contribution in [-0.2, 0) is 6.54 Å². The first kappa shape index (κ1) is 16.8. The lowest BCUT2D eigenvalue weighted by molar-refractivity contribution is 0.0790. The number of likely N-dealkylation sites (tertiary alicyclic amines) is 1. The van der Waals surface area contributed by atoms with Gasteiger partial charge in [-0.05, 0) is 44.0 Å². The molecule has 0 N–H and O–H groups in total. The van der Waals surface area contributed by atoms with Crippen LogP contribution in [0.25, 0.3) is 11.2 Å². The first-order valence-corrected chi connectivity index (χ1v) is 9.34. The summed E-state index contributed by atoms with van der Waals surface area (Å²) in [6.45, 7) is 6.61. The third-order valence-electron chi connectivity index (χ3n) is 5.12. The van der Waals surface area contributed by atoms with Crippen LogP contribution < -0.4 is 0 Å². The number of pyridine rings is 1. The number of fused-ring (bicyclic) bond motifs is 1. The SMILES string of the molecule is CCCn1c([C@H]2CCN(C(=O)c3ccc(C)cc3)C2)nc2cccnc21. The summed E-state index contributed by atoms with van der Waals surface area (Å²) in [5, 5.41) is 0. The van der Waals surface area contributed by atoms with Gasteiger partial charge in [-0.25, -0.2) is 9.97 Å². The third kappa shape index (κ3) is 2.98. The molecule has 4 rings (SSSR count). The summed E-state index contributed by atoms with van der Waals surface area (Å²) in [6, 6.07) is 11.8. The molecule has 0 bridgehead atoms. The van der Waals surface area contributed by atoms with Crippen molar-refractivity contribution in [2.75, 3.05) is 13.1 Å². The smallest absolute Gasteiger partial charge is 0.253 e. The maximum Gasteiger partial charge on any atom is 0.253 e. The highest BCUT2D eigenvalue weighted by atomic mass is 16.2. The largest absolute Gasteiger partial charge is 0.338 e. The molecular weight excluding hydrogens is 324 g/mol. The number of hydrogen-bond donors (Lipinski definition) is 0. The molecule has 0 unspecified atom stereocenters. The molecule has 0 spiro atoms. The number of nitrogens with zero attached hydrogens (tertiary/aromatic N) is 4. The number of amides is 1. The lowest BCUT2D eigenvalue weighted by atomic mass is 10.1. The highest BCUT2D eigenvalue weighted by molar-refractivity contribution is 5.94. The third-order valence-corrected chi connectivity index (χ3v) is 5.12. The maximum atomic E-state index is 12.8. The number of aryl methyl sites for hydroxylation is 2. The number of benzene rings is 1. The van der Waals surface area contributed by atoms with Crippen molar-refractivity contribution in [2.45, 2.75) is 39.2 Å². The summed E-state index contributed by atoms with van der Waals surface area (Å²) in [7, 11) is 0. The molecule has 1 aromatic carbocycles. The Hall–Kier alpha value is -2.69. The number of aromatic nitrogens is 3. The first-order chi connectivity index (χ1) is 12.7. The average molecular weight is 348 g/mol. The molecule has 0 radical (unpaired) electrons. The van der Waals surface area contributed by atoms with E-state index in [1.807, 2.05) is 54.4 Å². The monoisotopic (exact) mass is 348 g/mol. The summed E-state index contributed by atoms with van der Waals surface area (Å²) in [6.07, 6.45) is 3.81. The van der Waals surface area contributed by atoms with Gasteiger partial charge in [0.05, 0.1) is 0 Å². The van der Waals surface area contributed by atoms with Crippen LogP contribution in [0.3, 0.4) is 0 Å². The zero-order valence-corrected chi connectivity index (χ0v) is 15.4. The van der Waals surface area contributed by atoms with Gasteiger partial charge < -0.3 is 9.47 Å². The minimum absolute atomic E-state index is 0.115. The summed E-state index contributed by atoms with van der Waals surface area (Å²) < 4.78 is 2.24. The molecule has 1 amide bonds. The van der Waals surface area contributed by atoms with E-state index in [0.29, 0.717) is 0 Å². The van der Waals surface area contributed by atoms with Crippen molar-refractivity contribution in [3.63, 3.8) is 0 Å². The topological polar surface area (TPSA) is 51.0 Å². The lowest BCUT2D eigenvalue weighted by Crippen LogP contribution is -2.28. The van der Waals surface area contributed by atoms with E-state index in [1.165, 1.54) is 5.56 Å². The molecule has 26 heavy (non-hydrogen) atoms. The molecule has 1 aliphatic heterocycles. The Kier molecular flexibility index (Phi) is 4.45. The van der Waals surface area contributed by atoms with E-state index in [4.69, 9.17) is 4.98 Å². The van der Waals surface area contributed by atoms with Gasteiger partial charge in [0, 0.05) is 37.3 Å². The lowest BCUT2D eigenvalue weighted by Gasteiger charge is -2.17. The summed E-state index contributed by atoms with van der Waals surface area (Å²) in [5.74, 6) is 1.45. The fourth-order valence-electron chi connectivity index (χ4n) is 3.77. The van der Waals surface area contributed by atoms with Crippen LogP contribution in [-0.4, -0.2) is 38.4 Å². The molecule has 2 aromatic heterocycles. The van der Waals surface area contributed by atoms with E-state index in [2.05, 4.69) is 16.5 Å². The van der Waals surface area contributed by atoms with Crippen LogP contribution >= 0.6 is 0 Å². The molecule has 1 aliphatic rings. The van der Waals surface area contributed by atoms with Crippen molar-refractivity contribution in [1.82, 2.24) is 19.4 Å². The van der Waals surface area contributed by atoms with Gasteiger partial charge in [-0.2, -0.15) is 0 Å². The van der Waals surface area contributed by atoms with Crippen LogP contribution in [0.15, 0.2) is 42.6 Å². The van der Waals surface area contributed by atoms with Crippen LogP contribution in [0.5, 0.6) is 0 Å². The normalized spacial score (nSPS) is 17.2. The molecule has 0 saturated carbocycles. The van der Waals surface area contributed by atoms with Crippen molar-refractivity contribution >= 4 is 17.1 Å². The highest BCUT2D eigenvalue weighted by Crippen LogP contribution is 2.30. The minimum Gasteiger partial charge on any atom is -0.338 e. The van der Waals surface area contributed by atoms with Crippen LogP contribution in [0, 0.1) is 6.92 Å². The Morgan fingerprint density at radius 1 is 1.23 bits per heavy atom. The second-order valence-electron chi connectivity index (χ2n) is 7.07. The van der Waals surface area contributed by atoms with Crippen LogP contribution in [0.2, 0.25) is 0 Å². The molecule has 0 aliphatic carbocycles. The van der Waals surface area contributed by atoms with Crippen LogP contribution in [0.4, 0.5) is 0 Å².